The fourth-order valence-corrected chi connectivity index (χ4v) is 6.94. The zero-order valence-corrected chi connectivity index (χ0v) is 26.9. The normalized spacial score (nSPS) is 14.4. The number of carbonyl (C=O) groups excluding carboxylic acids is 2. The van der Waals surface area contributed by atoms with Crippen LogP contribution in [0.15, 0.2) is 77.7 Å². The minimum absolute atomic E-state index is 0.00941. The van der Waals surface area contributed by atoms with Gasteiger partial charge >= 0.3 is 0 Å². The van der Waals surface area contributed by atoms with Gasteiger partial charge in [-0.2, -0.15) is 0 Å². The minimum Gasteiger partial charge on any atom is -0.497 e. The van der Waals surface area contributed by atoms with Crippen molar-refractivity contribution >= 4 is 39.1 Å². The van der Waals surface area contributed by atoms with Crippen LogP contribution in [0.3, 0.4) is 0 Å². The molecule has 1 unspecified atom stereocenters. The molecule has 1 atom stereocenters. The van der Waals surface area contributed by atoms with Crippen molar-refractivity contribution in [2.75, 3.05) is 25.1 Å². The molecule has 1 aliphatic carbocycles. The van der Waals surface area contributed by atoms with E-state index in [4.69, 9.17) is 21.1 Å². The molecule has 1 fully saturated rings. The van der Waals surface area contributed by atoms with E-state index < -0.39 is 28.5 Å². The van der Waals surface area contributed by atoms with E-state index in [9.17, 15) is 18.0 Å². The second-order valence-electron chi connectivity index (χ2n) is 10.8. The third-order valence-corrected chi connectivity index (χ3v) is 9.93. The van der Waals surface area contributed by atoms with Crippen molar-refractivity contribution in [2.24, 2.45) is 0 Å². The monoisotopic (exact) mass is 641 g/mol. The molecule has 0 heterocycles. The van der Waals surface area contributed by atoms with Crippen LogP contribution in [0.4, 0.5) is 5.69 Å². The van der Waals surface area contributed by atoms with Crippen molar-refractivity contribution in [3.8, 4) is 11.5 Å². The summed E-state index contributed by atoms with van der Waals surface area (Å²) in [6.45, 7) is 1.43. The van der Waals surface area contributed by atoms with E-state index in [1.165, 1.54) is 24.1 Å². The molecular weight excluding hydrogens is 602 g/mol. The molecule has 0 saturated heterocycles. The quantitative estimate of drug-likeness (QED) is 0.253. The number of hydrogen-bond donors (Lipinski definition) is 1. The summed E-state index contributed by atoms with van der Waals surface area (Å²) in [5.41, 5.74) is 1.04. The van der Waals surface area contributed by atoms with Crippen molar-refractivity contribution in [3.05, 3.63) is 83.4 Å². The Labute approximate surface area is 265 Å². The molecule has 1 N–H and O–H groups in total. The fourth-order valence-electron chi connectivity index (χ4n) is 5.40. The van der Waals surface area contributed by atoms with Crippen molar-refractivity contribution < 1.29 is 27.5 Å². The van der Waals surface area contributed by atoms with Gasteiger partial charge < -0.3 is 19.7 Å². The largest absolute Gasteiger partial charge is 0.497 e. The third-order valence-electron chi connectivity index (χ3n) is 7.89. The summed E-state index contributed by atoms with van der Waals surface area (Å²) in [7, 11) is -1.14. The molecule has 9 nitrogen and oxygen atoms in total. The number of rotatable bonds is 13. The summed E-state index contributed by atoms with van der Waals surface area (Å²) >= 11 is 6.11. The lowest BCUT2D eigenvalue weighted by Gasteiger charge is -2.34. The van der Waals surface area contributed by atoms with Crippen molar-refractivity contribution in [1.82, 2.24) is 10.2 Å². The van der Waals surface area contributed by atoms with E-state index in [0.717, 1.165) is 42.0 Å². The van der Waals surface area contributed by atoms with E-state index in [2.05, 4.69) is 5.32 Å². The van der Waals surface area contributed by atoms with Gasteiger partial charge in [0.2, 0.25) is 11.8 Å². The van der Waals surface area contributed by atoms with Crippen LogP contribution in [0, 0.1) is 0 Å². The molecular formula is C33H40ClN3O6S. The van der Waals surface area contributed by atoms with E-state index >= 15 is 0 Å². The number of nitrogens with one attached hydrogen (secondary N) is 1. The van der Waals surface area contributed by atoms with Crippen molar-refractivity contribution in [1.29, 1.82) is 0 Å². The molecule has 0 radical (unpaired) electrons. The number of sulfonamides is 1. The number of halogens is 1. The number of carbonyl (C=O) groups is 2. The maximum atomic E-state index is 14.3. The number of anilines is 1. The van der Waals surface area contributed by atoms with Gasteiger partial charge in [-0.25, -0.2) is 8.42 Å². The first-order chi connectivity index (χ1) is 21.2. The van der Waals surface area contributed by atoms with Gasteiger partial charge in [0.15, 0.2) is 0 Å². The molecule has 3 aromatic rings. The van der Waals surface area contributed by atoms with Gasteiger partial charge in [0.1, 0.15) is 24.1 Å². The van der Waals surface area contributed by atoms with Crippen LogP contribution >= 0.6 is 11.6 Å². The number of benzene rings is 3. The maximum absolute atomic E-state index is 14.3. The lowest BCUT2D eigenvalue weighted by Crippen LogP contribution is -2.54. The summed E-state index contributed by atoms with van der Waals surface area (Å²) in [6, 6.07) is 18.7. The summed E-state index contributed by atoms with van der Waals surface area (Å²) in [6.07, 6.45) is 5.41. The van der Waals surface area contributed by atoms with Crippen LogP contribution in [0.1, 0.15) is 51.0 Å². The summed E-state index contributed by atoms with van der Waals surface area (Å²) in [5, 5.41) is 3.58. The minimum atomic E-state index is -4.21. The summed E-state index contributed by atoms with van der Waals surface area (Å²) in [4.78, 5) is 29.4. The van der Waals surface area contributed by atoms with Crippen LogP contribution in [0.5, 0.6) is 11.5 Å². The molecule has 0 aromatic heterocycles. The number of ether oxygens (including phenoxy) is 2. The standard InChI is InChI=1S/C33H40ClN3O6S/c1-4-31(33(39)35-26-8-6-5-7-9-26)36(22-24-10-16-28(42-2)17-11-24)32(38)23-37(27-14-12-25(34)13-15-27)44(40,41)30-20-18-29(43-3)19-21-30/h10-21,26,31H,4-9,22-23H2,1-3H3,(H,35,39). The molecule has 1 aliphatic rings. The van der Waals surface area contributed by atoms with E-state index in [-0.39, 0.29) is 29.1 Å². The number of amides is 2. The SMILES string of the molecule is CCC(C(=O)NC1CCCCC1)N(Cc1ccc(OC)cc1)C(=O)CN(c1ccc(Cl)cc1)S(=O)(=O)c1ccc(OC)cc1. The summed E-state index contributed by atoms with van der Waals surface area (Å²) in [5.74, 6) is 0.405. The lowest BCUT2D eigenvalue weighted by molar-refractivity contribution is -0.140. The zero-order valence-electron chi connectivity index (χ0n) is 25.4. The first-order valence-electron chi connectivity index (χ1n) is 14.8. The Morgan fingerprint density at radius 2 is 1.45 bits per heavy atom. The smallest absolute Gasteiger partial charge is 0.264 e. The Morgan fingerprint density at radius 3 is 2.00 bits per heavy atom. The molecule has 11 heteroatoms. The summed E-state index contributed by atoms with van der Waals surface area (Å²) < 4.78 is 39.6. The highest BCUT2D eigenvalue weighted by Gasteiger charge is 2.34. The molecule has 4 rings (SSSR count). The van der Waals surface area contributed by atoms with Gasteiger partial charge in [0.05, 0.1) is 24.8 Å². The molecule has 44 heavy (non-hydrogen) atoms. The topological polar surface area (TPSA) is 105 Å². The predicted octanol–water partition coefficient (Wildman–Crippen LogP) is 5.81. The second kappa shape index (κ2) is 15.3. The molecule has 0 aliphatic heterocycles. The Morgan fingerprint density at radius 1 is 0.886 bits per heavy atom. The Balaban J connectivity index is 1.70. The molecule has 1 saturated carbocycles. The first-order valence-corrected chi connectivity index (χ1v) is 16.6. The lowest BCUT2D eigenvalue weighted by atomic mass is 9.95. The maximum Gasteiger partial charge on any atom is 0.264 e. The first kappa shape index (κ1) is 33.1. The van der Waals surface area contributed by atoms with E-state index in [0.29, 0.717) is 22.9 Å². The van der Waals surface area contributed by atoms with Crippen LogP contribution < -0.4 is 19.1 Å². The van der Waals surface area contributed by atoms with Crippen LogP contribution in [-0.2, 0) is 26.2 Å². The van der Waals surface area contributed by atoms with Gasteiger partial charge in [-0.3, -0.25) is 13.9 Å². The molecule has 2 amide bonds. The zero-order chi connectivity index (χ0) is 31.7. The van der Waals surface area contributed by atoms with Crippen LogP contribution in [-0.4, -0.2) is 58.0 Å². The predicted molar refractivity (Wildman–Crippen MR) is 172 cm³/mol. The van der Waals surface area contributed by atoms with Crippen molar-refractivity contribution in [2.45, 2.75) is 69.0 Å². The van der Waals surface area contributed by atoms with E-state index in [1.807, 2.05) is 19.1 Å². The highest BCUT2D eigenvalue weighted by atomic mass is 35.5. The van der Waals surface area contributed by atoms with Gasteiger partial charge in [-0.15, -0.1) is 0 Å². The molecule has 0 spiro atoms. The number of hydrogen-bond acceptors (Lipinski definition) is 6. The Hall–Kier alpha value is -3.76. The number of methoxy groups -OCH3 is 2. The molecule has 236 valence electrons. The van der Waals surface area contributed by atoms with Gasteiger partial charge in [0.25, 0.3) is 10.0 Å². The molecule has 3 aromatic carbocycles. The average molecular weight is 642 g/mol. The van der Waals surface area contributed by atoms with Crippen LogP contribution in [0.25, 0.3) is 0 Å². The second-order valence-corrected chi connectivity index (χ2v) is 13.1. The van der Waals surface area contributed by atoms with Gasteiger partial charge in [-0.1, -0.05) is 49.9 Å². The Kier molecular flexibility index (Phi) is 11.5. The Bertz CT molecular complexity index is 1490. The van der Waals surface area contributed by atoms with Crippen molar-refractivity contribution in [3.63, 3.8) is 0 Å². The average Bonchev–Trinajstić information content (AvgIpc) is 3.04. The highest BCUT2D eigenvalue weighted by Crippen LogP contribution is 2.28. The molecule has 0 bridgehead atoms. The third kappa shape index (κ3) is 8.24. The van der Waals surface area contributed by atoms with Gasteiger partial charge in [-0.05, 0) is 85.5 Å². The van der Waals surface area contributed by atoms with E-state index in [1.54, 1.807) is 55.6 Å². The van der Waals surface area contributed by atoms with Crippen LogP contribution in [0.2, 0.25) is 5.02 Å². The van der Waals surface area contributed by atoms with Gasteiger partial charge in [0, 0.05) is 17.6 Å². The number of nitrogens with zero attached hydrogens (tertiary/aromatic N) is 2. The fraction of sp³-hybridized carbons (Fsp3) is 0.394. The highest BCUT2D eigenvalue weighted by molar-refractivity contribution is 7.92.